The van der Waals surface area contributed by atoms with Crippen LogP contribution in [0.1, 0.15) is 43.7 Å². The number of aromatic hydroxyl groups is 1. The van der Waals surface area contributed by atoms with Crippen molar-refractivity contribution in [1.29, 1.82) is 0 Å². The molecule has 200 valence electrons. The number of para-hydroxylation sites is 2. The molecule has 0 aromatic heterocycles. The van der Waals surface area contributed by atoms with E-state index in [1.807, 2.05) is 37.3 Å². The van der Waals surface area contributed by atoms with Crippen LogP contribution in [0.4, 0.5) is 5.69 Å². The highest BCUT2D eigenvalue weighted by Gasteiger charge is 2.67. The Labute approximate surface area is 227 Å². The Morgan fingerprint density at radius 2 is 1.74 bits per heavy atom. The SMILES string of the molecule is C=CCc1cccc([C@H]2C3=CC[C@@H]4C(=O)N(CC)C(=O)[C@@H]4[C@@H]3C[C@H]3C(=O)N(c4ccccc4)C(=O)[C@@]23C)c1O. The van der Waals surface area contributed by atoms with Crippen LogP contribution in [0.3, 0.4) is 0 Å². The number of amides is 4. The maximum Gasteiger partial charge on any atom is 0.241 e. The second-order valence-electron chi connectivity index (χ2n) is 11.3. The van der Waals surface area contributed by atoms with Gasteiger partial charge in [0, 0.05) is 18.0 Å². The molecule has 1 N–H and O–H groups in total. The molecule has 4 aliphatic rings. The van der Waals surface area contributed by atoms with Crippen molar-refractivity contribution in [2.75, 3.05) is 11.4 Å². The maximum absolute atomic E-state index is 14.3. The summed E-state index contributed by atoms with van der Waals surface area (Å²) in [5, 5.41) is 11.5. The van der Waals surface area contributed by atoms with Gasteiger partial charge in [0.25, 0.3) is 0 Å². The average Bonchev–Trinajstić information content (AvgIpc) is 3.30. The van der Waals surface area contributed by atoms with Gasteiger partial charge in [0.15, 0.2) is 0 Å². The van der Waals surface area contributed by atoms with Crippen LogP contribution in [0.15, 0.2) is 72.8 Å². The summed E-state index contributed by atoms with van der Waals surface area (Å²) in [7, 11) is 0. The van der Waals surface area contributed by atoms with E-state index >= 15 is 0 Å². The quantitative estimate of drug-likeness (QED) is 0.463. The molecule has 6 atom stereocenters. The van der Waals surface area contributed by atoms with Crippen molar-refractivity contribution < 1.29 is 24.3 Å². The predicted molar refractivity (Wildman–Crippen MR) is 145 cm³/mol. The molecule has 2 aliphatic heterocycles. The van der Waals surface area contributed by atoms with E-state index in [2.05, 4.69) is 6.58 Å². The molecule has 1 saturated carbocycles. The largest absolute Gasteiger partial charge is 0.507 e. The number of allylic oxidation sites excluding steroid dienone is 3. The molecule has 3 fully saturated rings. The highest BCUT2D eigenvalue weighted by molar-refractivity contribution is 6.24. The molecule has 7 heteroatoms. The molecule has 2 aromatic rings. The summed E-state index contributed by atoms with van der Waals surface area (Å²) in [6.07, 6.45) is 4.86. The fourth-order valence-electron chi connectivity index (χ4n) is 7.72. The number of hydrogen-bond acceptors (Lipinski definition) is 5. The Bertz CT molecular complexity index is 1450. The number of rotatable bonds is 5. The van der Waals surface area contributed by atoms with Gasteiger partial charge in [0.1, 0.15) is 5.75 Å². The molecular formula is C32H32N2O5. The first-order chi connectivity index (χ1) is 18.7. The second-order valence-corrected chi connectivity index (χ2v) is 11.3. The molecule has 39 heavy (non-hydrogen) atoms. The lowest BCUT2D eigenvalue weighted by Gasteiger charge is -2.49. The normalized spacial score (nSPS) is 31.6. The van der Waals surface area contributed by atoms with Crippen LogP contribution in [0.2, 0.25) is 0 Å². The first kappa shape index (κ1) is 25.3. The van der Waals surface area contributed by atoms with Gasteiger partial charge in [0.2, 0.25) is 23.6 Å². The minimum absolute atomic E-state index is 0.0773. The minimum Gasteiger partial charge on any atom is -0.507 e. The standard InChI is InChI=1S/C32H32N2O5/c1-4-10-18-11-9-14-22(27(18)35)26-20-15-16-21-25(30(38)33(5-2)28(21)36)23(20)17-24-29(37)34(31(39)32(24,26)3)19-12-7-6-8-13-19/h4,6-9,11-15,21,23-26,35H,1,5,10,16-17H2,2-3H3/t21-,23+,24-,25-,26+,32+/m0/s1. The summed E-state index contributed by atoms with van der Waals surface area (Å²) >= 11 is 0. The van der Waals surface area contributed by atoms with Crippen LogP contribution in [0.5, 0.6) is 5.75 Å². The number of imide groups is 2. The van der Waals surface area contributed by atoms with E-state index < -0.39 is 29.1 Å². The van der Waals surface area contributed by atoms with E-state index in [0.717, 1.165) is 5.57 Å². The fourth-order valence-corrected chi connectivity index (χ4v) is 7.72. The van der Waals surface area contributed by atoms with Crippen LogP contribution < -0.4 is 4.90 Å². The summed E-state index contributed by atoms with van der Waals surface area (Å²) in [5.41, 5.74) is 1.45. The third-order valence-corrected chi connectivity index (χ3v) is 9.52. The third-order valence-electron chi connectivity index (χ3n) is 9.52. The molecule has 2 heterocycles. The van der Waals surface area contributed by atoms with E-state index in [9.17, 15) is 24.3 Å². The van der Waals surface area contributed by atoms with Crippen molar-refractivity contribution in [3.05, 3.63) is 84.0 Å². The lowest BCUT2D eigenvalue weighted by Crippen LogP contribution is -2.49. The van der Waals surface area contributed by atoms with Crippen molar-refractivity contribution in [2.24, 2.45) is 29.1 Å². The van der Waals surface area contributed by atoms with Gasteiger partial charge < -0.3 is 5.11 Å². The van der Waals surface area contributed by atoms with Crippen LogP contribution >= 0.6 is 0 Å². The molecule has 6 rings (SSSR count). The Morgan fingerprint density at radius 3 is 2.44 bits per heavy atom. The van der Waals surface area contributed by atoms with Gasteiger partial charge in [-0.3, -0.25) is 24.1 Å². The summed E-state index contributed by atoms with van der Waals surface area (Å²) in [6, 6.07) is 14.4. The molecule has 2 aromatic carbocycles. The van der Waals surface area contributed by atoms with E-state index in [0.29, 0.717) is 42.6 Å². The van der Waals surface area contributed by atoms with E-state index in [1.165, 1.54) is 9.80 Å². The zero-order chi connectivity index (χ0) is 27.6. The zero-order valence-corrected chi connectivity index (χ0v) is 22.2. The Hall–Kier alpha value is -4.00. The summed E-state index contributed by atoms with van der Waals surface area (Å²) in [4.78, 5) is 57.7. The van der Waals surface area contributed by atoms with E-state index in [4.69, 9.17) is 0 Å². The number of likely N-dealkylation sites (tertiary alicyclic amines) is 1. The van der Waals surface area contributed by atoms with Crippen molar-refractivity contribution >= 4 is 29.3 Å². The molecule has 7 nitrogen and oxygen atoms in total. The van der Waals surface area contributed by atoms with Crippen molar-refractivity contribution in [2.45, 2.75) is 39.0 Å². The van der Waals surface area contributed by atoms with Gasteiger partial charge in [0.05, 0.1) is 28.9 Å². The third kappa shape index (κ3) is 3.35. The van der Waals surface area contributed by atoms with Crippen LogP contribution in [0.25, 0.3) is 0 Å². The van der Waals surface area contributed by atoms with E-state index in [1.54, 1.807) is 37.3 Å². The fraction of sp³-hybridized carbons (Fsp3) is 0.375. The Kier molecular flexibility index (Phi) is 5.86. The smallest absolute Gasteiger partial charge is 0.241 e. The summed E-state index contributed by atoms with van der Waals surface area (Å²) < 4.78 is 0. The number of fused-ring (bicyclic) bond motifs is 4. The van der Waals surface area contributed by atoms with Crippen molar-refractivity contribution in [3.63, 3.8) is 0 Å². The van der Waals surface area contributed by atoms with Gasteiger partial charge >= 0.3 is 0 Å². The first-order valence-electron chi connectivity index (χ1n) is 13.7. The molecule has 0 radical (unpaired) electrons. The molecular weight excluding hydrogens is 492 g/mol. The lowest BCUT2D eigenvalue weighted by molar-refractivity contribution is -0.140. The average molecular weight is 525 g/mol. The van der Waals surface area contributed by atoms with Gasteiger partial charge in [-0.25, -0.2) is 4.90 Å². The number of hydrogen-bond donors (Lipinski definition) is 1. The van der Waals surface area contributed by atoms with Crippen molar-refractivity contribution in [3.8, 4) is 5.75 Å². The molecule has 2 saturated heterocycles. The van der Waals surface area contributed by atoms with Gasteiger partial charge in [-0.05, 0) is 56.7 Å². The lowest BCUT2D eigenvalue weighted by atomic mass is 9.51. The zero-order valence-electron chi connectivity index (χ0n) is 22.2. The topological polar surface area (TPSA) is 95.0 Å². The number of benzene rings is 2. The minimum atomic E-state index is -1.18. The van der Waals surface area contributed by atoms with Crippen LogP contribution in [-0.2, 0) is 25.6 Å². The predicted octanol–water partition coefficient (Wildman–Crippen LogP) is 4.37. The molecule has 2 aliphatic carbocycles. The highest BCUT2D eigenvalue weighted by Crippen LogP contribution is 2.64. The van der Waals surface area contributed by atoms with Gasteiger partial charge in [-0.2, -0.15) is 0 Å². The summed E-state index contributed by atoms with van der Waals surface area (Å²) in [6.45, 7) is 7.73. The molecule has 0 spiro atoms. The van der Waals surface area contributed by atoms with Gasteiger partial charge in [-0.15, -0.1) is 6.58 Å². The number of phenols is 1. The van der Waals surface area contributed by atoms with E-state index in [-0.39, 0.29) is 35.3 Å². The Morgan fingerprint density at radius 1 is 1.00 bits per heavy atom. The second kappa shape index (κ2) is 9.04. The van der Waals surface area contributed by atoms with Crippen molar-refractivity contribution in [1.82, 2.24) is 4.90 Å². The summed E-state index contributed by atoms with van der Waals surface area (Å²) in [5.74, 6) is -3.66. The van der Waals surface area contributed by atoms with Crippen LogP contribution in [0, 0.1) is 29.1 Å². The molecule has 0 unspecified atom stereocenters. The molecule has 0 bridgehead atoms. The number of carbonyl (C=O) groups is 4. The maximum atomic E-state index is 14.3. The van der Waals surface area contributed by atoms with Crippen LogP contribution in [-0.4, -0.2) is 40.2 Å². The molecule has 4 amide bonds. The Balaban J connectivity index is 1.56. The highest BCUT2D eigenvalue weighted by atomic mass is 16.3. The number of anilines is 1. The monoisotopic (exact) mass is 524 g/mol. The number of carbonyl (C=O) groups excluding carboxylic acids is 4. The number of phenolic OH excluding ortho intramolecular Hbond substituents is 1. The first-order valence-corrected chi connectivity index (χ1v) is 13.7. The number of nitrogens with zero attached hydrogens (tertiary/aromatic N) is 2. The van der Waals surface area contributed by atoms with Gasteiger partial charge in [-0.1, -0.05) is 54.1 Å².